The van der Waals surface area contributed by atoms with Crippen LogP contribution in [0.25, 0.3) is 0 Å². The average Bonchev–Trinajstić information content (AvgIpc) is 3.16. The molecule has 24 heavy (non-hydrogen) atoms. The maximum absolute atomic E-state index is 12.7. The first-order valence-electron chi connectivity index (χ1n) is 7.34. The molecule has 0 bridgehead atoms. The van der Waals surface area contributed by atoms with Crippen LogP contribution in [0, 0.1) is 0 Å². The van der Waals surface area contributed by atoms with Crippen LogP contribution in [0.2, 0.25) is 0 Å². The van der Waals surface area contributed by atoms with E-state index in [1.165, 1.54) is 11.3 Å². The van der Waals surface area contributed by atoms with E-state index in [1.807, 2.05) is 35.7 Å². The summed E-state index contributed by atoms with van der Waals surface area (Å²) in [6.07, 6.45) is 3.18. The fraction of sp³-hybridized carbons (Fsp3) is 0.0556. The van der Waals surface area contributed by atoms with Gasteiger partial charge in [0, 0.05) is 6.20 Å². The van der Waals surface area contributed by atoms with E-state index >= 15 is 0 Å². The van der Waals surface area contributed by atoms with Gasteiger partial charge in [0.25, 0.3) is 11.8 Å². The molecule has 3 rings (SSSR count). The highest BCUT2D eigenvalue weighted by Crippen LogP contribution is 2.17. The quantitative estimate of drug-likeness (QED) is 0.751. The minimum absolute atomic E-state index is 0.278. The largest absolute Gasteiger partial charge is 0.336 e. The van der Waals surface area contributed by atoms with Gasteiger partial charge < -0.3 is 10.6 Å². The van der Waals surface area contributed by atoms with Crippen molar-refractivity contribution < 1.29 is 9.59 Å². The second-order valence-electron chi connectivity index (χ2n) is 5.03. The van der Waals surface area contributed by atoms with E-state index in [4.69, 9.17) is 0 Å². The summed E-state index contributed by atoms with van der Waals surface area (Å²) in [6.45, 7) is 0. The number of carbonyl (C=O) groups excluding carboxylic acids is 2. The van der Waals surface area contributed by atoms with Gasteiger partial charge in [-0.3, -0.25) is 14.6 Å². The zero-order valence-corrected chi connectivity index (χ0v) is 13.5. The first kappa shape index (κ1) is 15.9. The Labute approximate surface area is 143 Å². The number of amides is 2. The third kappa shape index (κ3) is 3.85. The standard InChI is InChI=1S/C18H15N3O2S/c22-17(15-9-5-11-24-15)21-16(13-6-2-1-3-7-13)18(23)20-14-8-4-10-19-12-14/h1-12,16H,(H,20,23)(H,21,22). The van der Waals surface area contributed by atoms with Gasteiger partial charge in [-0.05, 0) is 29.1 Å². The summed E-state index contributed by atoms with van der Waals surface area (Å²) in [7, 11) is 0. The van der Waals surface area contributed by atoms with E-state index in [9.17, 15) is 9.59 Å². The van der Waals surface area contributed by atoms with Crippen molar-refractivity contribution in [2.24, 2.45) is 0 Å². The topological polar surface area (TPSA) is 71.1 Å². The lowest BCUT2D eigenvalue weighted by Gasteiger charge is -2.18. The molecule has 0 fully saturated rings. The van der Waals surface area contributed by atoms with Crippen LogP contribution in [0.5, 0.6) is 0 Å². The molecule has 0 aliphatic rings. The van der Waals surface area contributed by atoms with Gasteiger partial charge in [0.1, 0.15) is 6.04 Å². The number of hydrogen-bond acceptors (Lipinski definition) is 4. The Morgan fingerprint density at radius 2 is 1.83 bits per heavy atom. The fourth-order valence-electron chi connectivity index (χ4n) is 2.21. The molecule has 5 nitrogen and oxygen atoms in total. The van der Waals surface area contributed by atoms with Crippen molar-refractivity contribution in [1.29, 1.82) is 0 Å². The fourth-order valence-corrected chi connectivity index (χ4v) is 2.83. The van der Waals surface area contributed by atoms with E-state index < -0.39 is 6.04 Å². The lowest BCUT2D eigenvalue weighted by atomic mass is 10.1. The predicted octanol–water partition coefficient (Wildman–Crippen LogP) is 3.25. The van der Waals surface area contributed by atoms with Gasteiger partial charge in [0.15, 0.2) is 0 Å². The lowest BCUT2D eigenvalue weighted by molar-refractivity contribution is -0.118. The molecular weight excluding hydrogens is 322 g/mol. The molecule has 0 aliphatic carbocycles. The van der Waals surface area contributed by atoms with Gasteiger partial charge in [-0.25, -0.2) is 0 Å². The highest BCUT2D eigenvalue weighted by atomic mass is 32.1. The minimum Gasteiger partial charge on any atom is -0.336 e. The smallest absolute Gasteiger partial charge is 0.262 e. The molecule has 0 spiro atoms. The molecule has 2 amide bonds. The van der Waals surface area contributed by atoms with Crippen molar-refractivity contribution in [3.05, 3.63) is 82.8 Å². The number of carbonyl (C=O) groups is 2. The lowest BCUT2D eigenvalue weighted by Crippen LogP contribution is -2.36. The van der Waals surface area contributed by atoms with Crippen molar-refractivity contribution >= 4 is 28.8 Å². The first-order chi connectivity index (χ1) is 11.7. The van der Waals surface area contributed by atoms with Crippen molar-refractivity contribution in [3.8, 4) is 0 Å². The predicted molar refractivity (Wildman–Crippen MR) is 93.8 cm³/mol. The Kier molecular flexibility index (Phi) is 4.98. The molecule has 0 saturated carbocycles. The van der Waals surface area contributed by atoms with Crippen LogP contribution >= 0.6 is 11.3 Å². The number of thiophene rings is 1. The number of nitrogens with zero attached hydrogens (tertiary/aromatic N) is 1. The van der Waals surface area contributed by atoms with Crippen LogP contribution < -0.4 is 10.6 Å². The Morgan fingerprint density at radius 3 is 2.50 bits per heavy atom. The van der Waals surface area contributed by atoms with Gasteiger partial charge in [0.05, 0.1) is 16.8 Å². The van der Waals surface area contributed by atoms with Crippen molar-refractivity contribution in [2.75, 3.05) is 5.32 Å². The van der Waals surface area contributed by atoms with E-state index in [-0.39, 0.29) is 11.8 Å². The highest BCUT2D eigenvalue weighted by Gasteiger charge is 2.23. The molecule has 2 heterocycles. The summed E-state index contributed by atoms with van der Waals surface area (Å²) in [5.41, 5.74) is 1.29. The molecule has 1 atom stereocenters. The third-order valence-electron chi connectivity index (χ3n) is 3.34. The van der Waals surface area contributed by atoms with E-state index in [0.29, 0.717) is 16.1 Å². The number of nitrogens with one attached hydrogen (secondary N) is 2. The Morgan fingerprint density at radius 1 is 1.00 bits per heavy atom. The number of pyridine rings is 1. The Bertz CT molecular complexity index is 805. The van der Waals surface area contributed by atoms with E-state index in [1.54, 1.807) is 36.7 Å². The van der Waals surface area contributed by atoms with E-state index in [0.717, 1.165) is 0 Å². The molecule has 3 aromatic rings. The van der Waals surface area contributed by atoms with Crippen molar-refractivity contribution in [2.45, 2.75) is 6.04 Å². The van der Waals surface area contributed by atoms with Crippen molar-refractivity contribution in [1.82, 2.24) is 10.3 Å². The van der Waals surface area contributed by atoms with Gasteiger partial charge in [-0.15, -0.1) is 11.3 Å². The molecule has 0 saturated heterocycles. The summed E-state index contributed by atoms with van der Waals surface area (Å²) in [6, 6.07) is 15.3. The molecule has 6 heteroatoms. The van der Waals surface area contributed by atoms with Gasteiger partial charge >= 0.3 is 0 Å². The Hall–Kier alpha value is -2.99. The SMILES string of the molecule is O=C(NC(C(=O)Nc1cccnc1)c1ccccc1)c1cccs1. The number of aromatic nitrogens is 1. The van der Waals surface area contributed by atoms with Crippen LogP contribution in [-0.2, 0) is 4.79 Å². The first-order valence-corrected chi connectivity index (χ1v) is 8.22. The maximum Gasteiger partial charge on any atom is 0.262 e. The molecule has 0 radical (unpaired) electrons. The zero-order chi connectivity index (χ0) is 16.8. The molecule has 0 aliphatic heterocycles. The zero-order valence-electron chi connectivity index (χ0n) is 12.7. The summed E-state index contributed by atoms with van der Waals surface area (Å²) in [4.78, 5) is 29.6. The Balaban J connectivity index is 1.82. The molecule has 120 valence electrons. The molecule has 1 unspecified atom stereocenters. The van der Waals surface area contributed by atoms with Crippen LogP contribution in [0.1, 0.15) is 21.3 Å². The molecular formula is C18H15N3O2S. The summed E-state index contributed by atoms with van der Waals surface area (Å²) < 4.78 is 0. The van der Waals surface area contributed by atoms with Crippen LogP contribution in [0.15, 0.2) is 72.4 Å². The number of rotatable bonds is 5. The number of anilines is 1. The van der Waals surface area contributed by atoms with Crippen LogP contribution in [-0.4, -0.2) is 16.8 Å². The van der Waals surface area contributed by atoms with Gasteiger partial charge in [-0.2, -0.15) is 0 Å². The normalized spacial score (nSPS) is 11.5. The minimum atomic E-state index is -0.791. The summed E-state index contributed by atoms with van der Waals surface area (Å²) in [5, 5.41) is 7.39. The molecule has 2 aromatic heterocycles. The molecule has 1 aromatic carbocycles. The number of hydrogen-bond donors (Lipinski definition) is 2. The van der Waals surface area contributed by atoms with Gasteiger partial charge in [-0.1, -0.05) is 36.4 Å². The second kappa shape index (κ2) is 7.52. The van der Waals surface area contributed by atoms with Crippen molar-refractivity contribution in [3.63, 3.8) is 0 Å². The van der Waals surface area contributed by atoms with Crippen LogP contribution in [0.3, 0.4) is 0 Å². The van der Waals surface area contributed by atoms with E-state index in [2.05, 4.69) is 15.6 Å². The highest BCUT2D eigenvalue weighted by molar-refractivity contribution is 7.12. The third-order valence-corrected chi connectivity index (χ3v) is 4.21. The monoisotopic (exact) mass is 337 g/mol. The molecule has 2 N–H and O–H groups in total. The van der Waals surface area contributed by atoms with Crippen LogP contribution in [0.4, 0.5) is 5.69 Å². The summed E-state index contributed by atoms with van der Waals surface area (Å²) >= 11 is 1.33. The summed E-state index contributed by atoms with van der Waals surface area (Å²) in [5.74, 6) is -0.598. The number of benzene rings is 1. The maximum atomic E-state index is 12.7. The van der Waals surface area contributed by atoms with Gasteiger partial charge in [0.2, 0.25) is 0 Å². The average molecular weight is 337 g/mol. The second-order valence-corrected chi connectivity index (χ2v) is 5.97.